The lowest BCUT2D eigenvalue weighted by Gasteiger charge is -2.12. The van der Waals surface area contributed by atoms with Crippen LogP contribution in [-0.2, 0) is 6.54 Å². The molecule has 0 aliphatic rings. The summed E-state index contributed by atoms with van der Waals surface area (Å²) in [6.45, 7) is 2.15. The summed E-state index contributed by atoms with van der Waals surface area (Å²) in [5.41, 5.74) is 6.17. The molecule has 0 bridgehead atoms. The molecule has 0 fully saturated rings. The van der Waals surface area contributed by atoms with Crippen LogP contribution in [0.4, 0.5) is 4.39 Å². The molecule has 0 saturated carbocycles. The molecule has 0 amide bonds. The van der Waals surface area contributed by atoms with E-state index in [2.05, 4.69) is 15.0 Å². The van der Waals surface area contributed by atoms with Crippen LogP contribution < -0.4 is 5.73 Å². The molecular formula is C13H17FN4O. The Morgan fingerprint density at radius 1 is 1.32 bits per heavy atom. The van der Waals surface area contributed by atoms with Gasteiger partial charge in [0.05, 0.1) is 6.54 Å². The van der Waals surface area contributed by atoms with E-state index < -0.39 is 0 Å². The van der Waals surface area contributed by atoms with E-state index in [0.717, 1.165) is 13.0 Å². The van der Waals surface area contributed by atoms with Gasteiger partial charge in [-0.3, -0.25) is 4.90 Å². The minimum absolute atomic E-state index is 0.287. The molecule has 0 aliphatic carbocycles. The summed E-state index contributed by atoms with van der Waals surface area (Å²) in [5.74, 6) is 0.728. The van der Waals surface area contributed by atoms with Crippen molar-refractivity contribution in [1.82, 2.24) is 15.0 Å². The molecule has 1 heterocycles. The number of aromatic nitrogens is 2. The number of nitrogens with zero attached hydrogens (tertiary/aromatic N) is 3. The highest BCUT2D eigenvalue weighted by Crippen LogP contribution is 2.17. The summed E-state index contributed by atoms with van der Waals surface area (Å²) in [4.78, 5) is 6.36. The molecule has 0 spiro atoms. The molecule has 0 aliphatic heterocycles. The lowest BCUT2D eigenvalue weighted by Crippen LogP contribution is -2.21. The van der Waals surface area contributed by atoms with Gasteiger partial charge in [0.1, 0.15) is 5.82 Å². The summed E-state index contributed by atoms with van der Waals surface area (Å²) >= 11 is 0. The van der Waals surface area contributed by atoms with Gasteiger partial charge in [-0.25, -0.2) is 4.39 Å². The zero-order chi connectivity index (χ0) is 13.7. The smallest absolute Gasteiger partial charge is 0.257 e. The Balaban J connectivity index is 2.00. The van der Waals surface area contributed by atoms with Crippen molar-refractivity contribution >= 4 is 0 Å². The third-order valence-electron chi connectivity index (χ3n) is 2.71. The molecule has 1 aromatic heterocycles. The van der Waals surface area contributed by atoms with E-state index >= 15 is 0 Å². The number of benzene rings is 1. The van der Waals surface area contributed by atoms with Gasteiger partial charge in [0.25, 0.3) is 5.89 Å². The van der Waals surface area contributed by atoms with Crippen molar-refractivity contribution in [1.29, 1.82) is 0 Å². The highest BCUT2D eigenvalue weighted by atomic mass is 19.1. The molecule has 1 aromatic carbocycles. The van der Waals surface area contributed by atoms with Crippen LogP contribution in [0.3, 0.4) is 0 Å². The van der Waals surface area contributed by atoms with Crippen LogP contribution in [0.1, 0.15) is 12.2 Å². The van der Waals surface area contributed by atoms with Gasteiger partial charge in [-0.15, -0.1) is 0 Å². The van der Waals surface area contributed by atoms with E-state index in [1.807, 2.05) is 7.05 Å². The van der Waals surface area contributed by atoms with Crippen LogP contribution in [0.2, 0.25) is 0 Å². The van der Waals surface area contributed by atoms with Crippen LogP contribution in [0.25, 0.3) is 11.5 Å². The zero-order valence-electron chi connectivity index (χ0n) is 10.8. The van der Waals surface area contributed by atoms with Crippen molar-refractivity contribution in [2.75, 3.05) is 20.1 Å². The van der Waals surface area contributed by atoms with Crippen LogP contribution in [0, 0.1) is 5.82 Å². The van der Waals surface area contributed by atoms with Crippen molar-refractivity contribution in [2.24, 2.45) is 5.73 Å². The SMILES string of the molecule is CN(CCCN)Cc1noc(-c2ccc(F)cc2)n1. The van der Waals surface area contributed by atoms with Crippen molar-refractivity contribution in [3.05, 3.63) is 35.9 Å². The predicted octanol–water partition coefficient (Wildman–Crippen LogP) is 1.66. The molecule has 19 heavy (non-hydrogen) atoms. The average Bonchev–Trinajstić information content (AvgIpc) is 2.85. The summed E-state index contributed by atoms with van der Waals surface area (Å²) in [7, 11) is 1.98. The first-order chi connectivity index (χ1) is 9.19. The maximum atomic E-state index is 12.8. The van der Waals surface area contributed by atoms with Gasteiger partial charge < -0.3 is 10.3 Å². The fourth-order valence-electron chi connectivity index (χ4n) is 1.71. The molecule has 2 aromatic rings. The first-order valence-corrected chi connectivity index (χ1v) is 6.16. The summed E-state index contributed by atoms with van der Waals surface area (Å²) in [6.07, 6.45) is 0.930. The van der Waals surface area contributed by atoms with E-state index in [9.17, 15) is 4.39 Å². The molecule has 6 heteroatoms. The van der Waals surface area contributed by atoms with Crippen LogP contribution in [0.5, 0.6) is 0 Å². The minimum Gasteiger partial charge on any atom is -0.334 e. The molecule has 0 unspecified atom stereocenters. The maximum Gasteiger partial charge on any atom is 0.257 e. The predicted molar refractivity (Wildman–Crippen MR) is 69.7 cm³/mol. The second kappa shape index (κ2) is 6.40. The normalized spacial score (nSPS) is 11.2. The lowest BCUT2D eigenvalue weighted by atomic mass is 10.2. The zero-order valence-corrected chi connectivity index (χ0v) is 10.8. The van der Waals surface area contributed by atoms with Crippen molar-refractivity contribution in [3.63, 3.8) is 0 Å². The van der Waals surface area contributed by atoms with Crippen LogP contribution >= 0.6 is 0 Å². The number of rotatable bonds is 6. The fourth-order valence-corrected chi connectivity index (χ4v) is 1.71. The Morgan fingerprint density at radius 2 is 2.05 bits per heavy atom. The first kappa shape index (κ1) is 13.6. The standard InChI is InChI=1S/C13H17FN4O/c1-18(8-2-7-15)9-12-16-13(19-17-12)10-3-5-11(14)6-4-10/h3-6H,2,7-9,15H2,1H3. The van der Waals surface area contributed by atoms with Gasteiger partial charge in [0.15, 0.2) is 5.82 Å². The number of nitrogens with two attached hydrogens (primary N) is 1. The summed E-state index contributed by atoms with van der Waals surface area (Å²) < 4.78 is 18.0. The number of hydrogen-bond donors (Lipinski definition) is 1. The summed E-state index contributed by atoms with van der Waals surface area (Å²) in [5, 5.41) is 3.91. The Labute approximate surface area is 111 Å². The molecule has 0 saturated heterocycles. The van der Waals surface area contributed by atoms with Gasteiger partial charge in [-0.05, 0) is 50.8 Å². The van der Waals surface area contributed by atoms with Gasteiger partial charge in [0.2, 0.25) is 0 Å². The van der Waals surface area contributed by atoms with Gasteiger partial charge in [-0.1, -0.05) is 5.16 Å². The Kier molecular flexibility index (Phi) is 4.59. The number of hydrogen-bond acceptors (Lipinski definition) is 5. The van der Waals surface area contributed by atoms with E-state index in [1.165, 1.54) is 12.1 Å². The summed E-state index contributed by atoms with van der Waals surface area (Å²) in [6, 6.07) is 5.97. The number of halogens is 1. The van der Waals surface area contributed by atoms with Crippen molar-refractivity contribution in [2.45, 2.75) is 13.0 Å². The van der Waals surface area contributed by atoms with Crippen molar-refractivity contribution in [3.8, 4) is 11.5 Å². The molecule has 2 rings (SSSR count). The van der Waals surface area contributed by atoms with Crippen LogP contribution in [0.15, 0.2) is 28.8 Å². The molecule has 102 valence electrons. The second-order valence-electron chi connectivity index (χ2n) is 4.40. The van der Waals surface area contributed by atoms with E-state index in [4.69, 9.17) is 10.3 Å². The molecule has 2 N–H and O–H groups in total. The Hall–Kier alpha value is -1.79. The minimum atomic E-state index is -0.287. The highest BCUT2D eigenvalue weighted by molar-refractivity contribution is 5.52. The average molecular weight is 264 g/mol. The fraction of sp³-hybridized carbons (Fsp3) is 0.385. The van der Waals surface area contributed by atoms with E-state index in [-0.39, 0.29) is 5.82 Å². The van der Waals surface area contributed by atoms with Gasteiger partial charge >= 0.3 is 0 Å². The van der Waals surface area contributed by atoms with E-state index in [0.29, 0.717) is 30.4 Å². The quantitative estimate of drug-likeness (QED) is 0.859. The molecule has 5 nitrogen and oxygen atoms in total. The van der Waals surface area contributed by atoms with E-state index in [1.54, 1.807) is 12.1 Å². The highest BCUT2D eigenvalue weighted by Gasteiger charge is 2.10. The first-order valence-electron chi connectivity index (χ1n) is 6.16. The maximum absolute atomic E-state index is 12.8. The van der Waals surface area contributed by atoms with Crippen molar-refractivity contribution < 1.29 is 8.91 Å². The topological polar surface area (TPSA) is 68.2 Å². The third kappa shape index (κ3) is 3.84. The monoisotopic (exact) mass is 264 g/mol. The molecule has 0 atom stereocenters. The Bertz CT molecular complexity index is 512. The Morgan fingerprint density at radius 3 is 2.74 bits per heavy atom. The molecule has 0 radical (unpaired) electrons. The third-order valence-corrected chi connectivity index (χ3v) is 2.71. The van der Waals surface area contributed by atoms with Gasteiger partial charge in [0, 0.05) is 5.56 Å². The van der Waals surface area contributed by atoms with Crippen LogP contribution in [-0.4, -0.2) is 35.2 Å². The largest absolute Gasteiger partial charge is 0.334 e. The lowest BCUT2D eigenvalue weighted by molar-refractivity contribution is 0.307. The second-order valence-corrected chi connectivity index (χ2v) is 4.40. The van der Waals surface area contributed by atoms with Gasteiger partial charge in [-0.2, -0.15) is 4.98 Å². The molecular weight excluding hydrogens is 247 g/mol.